The van der Waals surface area contributed by atoms with E-state index in [0.29, 0.717) is 11.5 Å². The highest BCUT2D eigenvalue weighted by atomic mass is 32.2. The summed E-state index contributed by atoms with van der Waals surface area (Å²) in [6, 6.07) is 0. The third kappa shape index (κ3) is 2.53. The molecular formula is C7H9N5O2S3. The molecule has 0 amide bonds. The molecule has 0 saturated heterocycles. The van der Waals surface area contributed by atoms with Crippen molar-refractivity contribution in [1.82, 2.24) is 14.3 Å². The fraction of sp³-hybridized carbons (Fsp3) is 0.286. The molecule has 0 atom stereocenters. The molecule has 2 aromatic rings. The van der Waals surface area contributed by atoms with E-state index in [1.54, 1.807) is 13.8 Å². The molecule has 0 saturated carbocycles. The standard InChI is InChI=1S/C7H9N5O2S3/c1-3-5(15-6(8)9-3)17(13,14)12-7-10-4(2)11-16-7/h1-2H3,(H2,8,9)(H,10,11,12). The summed E-state index contributed by atoms with van der Waals surface area (Å²) in [5, 5.41) is 0.449. The molecule has 17 heavy (non-hydrogen) atoms. The van der Waals surface area contributed by atoms with Crippen molar-refractivity contribution in [3.05, 3.63) is 11.5 Å². The molecule has 92 valence electrons. The zero-order valence-electron chi connectivity index (χ0n) is 8.96. The van der Waals surface area contributed by atoms with Crippen molar-refractivity contribution in [3.63, 3.8) is 0 Å². The molecule has 0 aromatic carbocycles. The summed E-state index contributed by atoms with van der Waals surface area (Å²) in [6.07, 6.45) is 0. The van der Waals surface area contributed by atoms with Gasteiger partial charge in [-0.05, 0) is 13.8 Å². The van der Waals surface area contributed by atoms with Gasteiger partial charge in [-0.15, -0.1) is 0 Å². The maximum Gasteiger partial charge on any atom is 0.275 e. The lowest BCUT2D eigenvalue weighted by Crippen LogP contribution is -2.12. The fourth-order valence-corrected chi connectivity index (χ4v) is 4.25. The average Bonchev–Trinajstić information content (AvgIpc) is 2.72. The lowest BCUT2D eigenvalue weighted by Gasteiger charge is -2.01. The predicted octanol–water partition coefficient (Wildman–Crippen LogP) is 0.994. The van der Waals surface area contributed by atoms with E-state index in [1.807, 2.05) is 0 Å². The highest BCUT2D eigenvalue weighted by molar-refractivity contribution is 7.95. The molecule has 0 radical (unpaired) electrons. The first-order valence-corrected chi connectivity index (χ1v) is 7.52. The van der Waals surface area contributed by atoms with Gasteiger partial charge in [0, 0.05) is 11.5 Å². The van der Waals surface area contributed by atoms with Crippen LogP contribution >= 0.6 is 22.9 Å². The third-order valence-electron chi connectivity index (χ3n) is 1.76. The molecule has 0 aliphatic rings. The molecule has 7 nitrogen and oxygen atoms in total. The smallest absolute Gasteiger partial charge is 0.275 e. The monoisotopic (exact) mass is 291 g/mol. The van der Waals surface area contributed by atoms with Crippen LogP contribution in [0.15, 0.2) is 4.21 Å². The first-order valence-electron chi connectivity index (χ1n) is 4.44. The molecule has 0 bridgehead atoms. The molecule has 2 aromatic heterocycles. The van der Waals surface area contributed by atoms with Gasteiger partial charge < -0.3 is 5.73 Å². The topological polar surface area (TPSA) is 111 Å². The number of nitrogens with one attached hydrogen (secondary N) is 1. The molecule has 2 rings (SSSR count). The SMILES string of the molecule is Cc1nsc(NS(=O)(=O)c2sc(N)nc2C)n1. The van der Waals surface area contributed by atoms with Gasteiger partial charge in [0.25, 0.3) is 10.0 Å². The van der Waals surface area contributed by atoms with Gasteiger partial charge in [0.05, 0.1) is 5.69 Å². The Labute approximate surface area is 106 Å². The van der Waals surface area contributed by atoms with Gasteiger partial charge in [0.1, 0.15) is 5.82 Å². The maximum atomic E-state index is 12.0. The number of hydrogen-bond acceptors (Lipinski definition) is 8. The molecule has 10 heteroatoms. The van der Waals surface area contributed by atoms with E-state index >= 15 is 0 Å². The number of rotatable bonds is 3. The van der Waals surface area contributed by atoms with Crippen LogP contribution < -0.4 is 10.5 Å². The van der Waals surface area contributed by atoms with Crippen molar-refractivity contribution in [1.29, 1.82) is 0 Å². The number of thiazole rings is 1. The van der Waals surface area contributed by atoms with Crippen LogP contribution in [0.2, 0.25) is 0 Å². The van der Waals surface area contributed by atoms with Crippen LogP contribution in [0.5, 0.6) is 0 Å². The Balaban J connectivity index is 2.34. The normalized spacial score (nSPS) is 11.6. The lowest BCUT2D eigenvalue weighted by molar-refractivity contribution is 0.602. The highest BCUT2D eigenvalue weighted by Gasteiger charge is 2.22. The molecule has 0 fully saturated rings. The van der Waals surface area contributed by atoms with E-state index < -0.39 is 10.0 Å². The number of anilines is 2. The minimum absolute atomic E-state index is 0.0999. The summed E-state index contributed by atoms with van der Waals surface area (Å²) in [4.78, 5) is 7.80. The second kappa shape index (κ2) is 4.20. The number of nitrogen functional groups attached to an aromatic ring is 1. The van der Waals surface area contributed by atoms with Crippen molar-refractivity contribution in [2.24, 2.45) is 0 Å². The number of hydrogen-bond donors (Lipinski definition) is 2. The van der Waals surface area contributed by atoms with E-state index in [0.717, 1.165) is 22.9 Å². The molecular weight excluding hydrogens is 282 g/mol. The summed E-state index contributed by atoms with van der Waals surface area (Å²) < 4.78 is 30.3. The van der Waals surface area contributed by atoms with Crippen LogP contribution in [0.25, 0.3) is 0 Å². The van der Waals surface area contributed by atoms with Crippen LogP contribution in [0.1, 0.15) is 11.5 Å². The highest BCUT2D eigenvalue weighted by Crippen LogP contribution is 2.27. The zero-order chi connectivity index (χ0) is 12.6. The summed E-state index contributed by atoms with van der Waals surface area (Å²) in [5.74, 6) is 0.522. The summed E-state index contributed by atoms with van der Waals surface area (Å²) in [7, 11) is -3.68. The molecule has 3 N–H and O–H groups in total. The van der Waals surface area contributed by atoms with Crippen LogP contribution in [-0.2, 0) is 10.0 Å². The van der Waals surface area contributed by atoms with Gasteiger partial charge in [-0.1, -0.05) is 11.3 Å². The molecule has 2 heterocycles. The first-order chi connectivity index (χ1) is 7.88. The summed E-state index contributed by atoms with van der Waals surface area (Å²) in [5.41, 5.74) is 5.84. The average molecular weight is 291 g/mol. The van der Waals surface area contributed by atoms with Crippen molar-refractivity contribution in [3.8, 4) is 0 Å². The van der Waals surface area contributed by atoms with Crippen LogP contribution in [0, 0.1) is 13.8 Å². The van der Waals surface area contributed by atoms with Crippen molar-refractivity contribution < 1.29 is 8.42 Å². The quantitative estimate of drug-likeness (QED) is 0.872. The van der Waals surface area contributed by atoms with Gasteiger partial charge in [-0.3, -0.25) is 4.72 Å². The maximum absolute atomic E-state index is 12.0. The fourth-order valence-electron chi connectivity index (χ4n) is 1.15. The molecule has 0 aliphatic carbocycles. The van der Waals surface area contributed by atoms with Gasteiger partial charge in [0.15, 0.2) is 9.34 Å². The first kappa shape index (κ1) is 12.2. The second-order valence-electron chi connectivity index (χ2n) is 3.18. The van der Waals surface area contributed by atoms with Gasteiger partial charge in [0.2, 0.25) is 5.13 Å². The van der Waals surface area contributed by atoms with Gasteiger partial charge >= 0.3 is 0 Å². The van der Waals surface area contributed by atoms with E-state index in [9.17, 15) is 8.42 Å². The Kier molecular flexibility index (Phi) is 3.02. The van der Waals surface area contributed by atoms with Crippen LogP contribution in [0.3, 0.4) is 0 Å². The Morgan fingerprint density at radius 2 is 2.00 bits per heavy atom. The van der Waals surface area contributed by atoms with Gasteiger partial charge in [-0.2, -0.15) is 4.37 Å². The Morgan fingerprint density at radius 1 is 1.29 bits per heavy atom. The number of sulfonamides is 1. The van der Waals surface area contributed by atoms with Crippen molar-refractivity contribution in [2.45, 2.75) is 18.1 Å². The Morgan fingerprint density at radius 3 is 2.47 bits per heavy atom. The lowest BCUT2D eigenvalue weighted by atomic mass is 10.6. The van der Waals surface area contributed by atoms with Crippen LogP contribution in [0.4, 0.5) is 10.3 Å². The van der Waals surface area contributed by atoms with E-state index in [4.69, 9.17) is 5.73 Å². The zero-order valence-corrected chi connectivity index (χ0v) is 11.4. The minimum atomic E-state index is -3.68. The molecule has 0 spiro atoms. The van der Waals surface area contributed by atoms with Crippen molar-refractivity contribution in [2.75, 3.05) is 10.5 Å². The minimum Gasteiger partial charge on any atom is -0.375 e. The Hall–Kier alpha value is -1.26. The predicted molar refractivity (Wildman–Crippen MR) is 66.7 cm³/mol. The number of nitrogens with two attached hydrogens (primary N) is 1. The summed E-state index contributed by atoms with van der Waals surface area (Å²) in [6.45, 7) is 3.27. The molecule has 0 aliphatic heterocycles. The molecule has 0 unspecified atom stereocenters. The summed E-state index contributed by atoms with van der Waals surface area (Å²) >= 11 is 1.91. The van der Waals surface area contributed by atoms with E-state index in [-0.39, 0.29) is 14.5 Å². The van der Waals surface area contributed by atoms with Crippen molar-refractivity contribution >= 4 is 43.2 Å². The second-order valence-corrected chi connectivity index (χ2v) is 6.84. The number of nitrogens with zero attached hydrogens (tertiary/aromatic N) is 3. The third-order valence-corrected chi connectivity index (χ3v) is 5.55. The van der Waals surface area contributed by atoms with Crippen LogP contribution in [-0.4, -0.2) is 22.8 Å². The van der Waals surface area contributed by atoms with E-state index in [2.05, 4.69) is 19.1 Å². The Bertz CT molecular complexity index is 644. The number of aryl methyl sites for hydroxylation is 2. The largest absolute Gasteiger partial charge is 0.375 e. The van der Waals surface area contributed by atoms with E-state index in [1.165, 1.54) is 0 Å². The van der Waals surface area contributed by atoms with Gasteiger partial charge in [-0.25, -0.2) is 18.4 Å². The number of aromatic nitrogens is 3.